The van der Waals surface area contributed by atoms with E-state index in [2.05, 4.69) is 93.7 Å². The maximum Gasteiger partial charge on any atom is 0.306 e. The summed E-state index contributed by atoms with van der Waals surface area (Å²) in [5, 5.41) is 0. The third-order valence-electron chi connectivity index (χ3n) is 8.66. The zero-order chi connectivity index (χ0) is 39.4. The lowest BCUT2D eigenvalue weighted by Gasteiger charge is -2.18. The standard InChI is InChI=1S/C48H78O6/c1-4-7-10-13-16-19-22-24-26-29-32-35-38-41-47(50)53-44-45(43-52-46(49)40-37-34-31-28-21-18-15-12-9-6-3)54-48(51)42-39-36-33-30-27-25-23-20-17-14-11-8-5-2/h7-8,10-11,16-17,19-20,24-27,32,35,45H,4-6,9,12-15,18,21-23,28-31,33-34,36-44H2,1-3H3/b10-7-,11-8-,19-16-,20-17-,26-24-,27-25-,35-32-. The molecular formula is C48H78O6. The van der Waals surface area contributed by atoms with Gasteiger partial charge in [-0.25, -0.2) is 0 Å². The molecule has 306 valence electrons. The first-order valence-corrected chi connectivity index (χ1v) is 21.6. The quantitative estimate of drug-likeness (QED) is 0.0272. The highest BCUT2D eigenvalue weighted by molar-refractivity contribution is 5.71. The van der Waals surface area contributed by atoms with Gasteiger partial charge in [0, 0.05) is 19.3 Å². The van der Waals surface area contributed by atoms with Crippen molar-refractivity contribution in [3.05, 3.63) is 85.1 Å². The van der Waals surface area contributed by atoms with Gasteiger partial charge in [0.15, 0.2) is 6.10 Å². The van der Waals surface area contributed by atoms with E-state index in [9.17, 15) is 14.4 Å². The molecule has 0 aliphatic carbocycles. The molecule has 0 spiro atoms. The minimum Gasteiger partial charge on any atom is -0.462 e. The average Bonchev–Trinajstić information content (AvgIpc) is 3.17. The lowest BCUT2D eigenvalue weighted by Crippen LogP contribution is -2.30. The third-order valence-corrected chi connectivity index (χ3v) is 8.66. The van der Waals surface area contributed by atoms with Crippen molar-refractivity contribution >= 4 is 17.9 Å². The van der Waals surface area contributed by atoms with Crippen LogP contribution in [0.2, 0.25) is 0 Å². The van der Waals surface area contributed by atoms with E-state index < -0.39 is 6.10 Å². The Morgan fingerprint density at radius 1 is 0.389 bits per heavy atom. The monoisotopic (exact) mass is 751 g/mol. The molecule has 0 rings (SSSR count). The lowest BCUT2D eigenvalue weighted by molar-refractivity contribution is -0.166. The highest BCUT2D eigenvalue weighted by atomic mass is 16.6. The van der Waals surface area contributed by atoms with Gasteiger partial charge >= 0.3 is 17.9 Å². The highest BCUT2D eigenvalue weighted by Crippen LogP contribution is 2.12. The summed E-state index contributed by atoms with van der Waals surface area (Å²) in [5.74, 6) is -1.04. The molecule has 0 aromatic carbocycles. The molecule has 0 saturated carbocycles. The molecule has 0 amide bonds. The van der Waals surface area contributed by atoms with Crippen LogP contribution in [-0.2, 0) is 28.6 Å². The second kappa shape index (κ2) is 42.3. The van der Waals surface area contributed by atoms with Gasteiger partial charge in [0.1, 0.15) is 13.2 Å². The average molecular weight is 751 g/mol. The molecule has 0 aromatic heterocycles. The normalized spacial score (nSPS) is 12.9. The summed E-state index contributed by atoms with van der Waals surface area (Å²) in [5.41, 5.74) is 0. The van der Waals surface area contributed by atoms with Crippen molar-refractivity contribution in [2.75, 3.05) is 13.2 Å². The van der Waals surface area contributed by atoms with Crippen LogP contribution in [0.5, 0.6) is 0 Å². The summed E-state index contributed by atoms with van der Waals surface area (Å²) in [6.45, 7) is 6.27. The van der Waals surface area contributed by atoms with Gasteiger partial charge in [-0.15, -0.1) is 0 Å². The molecule has 0 heterocycles. The smallest absolute Gasteiger partial charge is 0.306 e. The molecule has 6 heteroatoms. The van der Waals surface area contributed by atoms with Crippen LogP contribution in [0.4, 0.5) is 0 Å². The van der Waals surface area contributed by atoms with Crippen LogP contribution in [0.15, 0.2) is 85.1 Å². The molecule has 54 heavy (non-hydrogen) atoms. The Morgan fingerprint density at radius 2 is 0.759 bits per heavy atom. The van der Waals surface area contributed by atoms with E-state index in [0.717, 1.165) is 89.9 Å². The number of hydrogen-bond donors (Lipinski definition) is 0. The number of unbranched alkanes of at least 4 members (excludes halogenated alkanes) is 12. The number of rotatable bonds is 37. The highest BCUT2D eigenvalue weighted by Gasteiger charge is 2.19. The lowest BCUT2D eigenvalue weighted by atomic mass is 10.1. The first kappa shape index (κ1) is 50.6. The molecule has 0 bridgehead atoms. The minimum absolute atomic E-state index is 0.111. The van der Waals surface area contributed by atoms with Crippen molar-refractivity contribution in [1.29, 1.82) is 0 Å². The fraction of sp³-hybridized carbons (Fsp3) is 0.646. The minimum atomic E-state index is -0.816. The molecule has 1 unspecified atom stereocenters. The van der Waals surface area contributed by atoms with Gasteiger partial charge < -0.3 is 14.2 Å². The Balaban J connectivity index is 4.55. The number of carbonyl (C=O) groups is 3. The molecule has 0 aliphatic heterocycles. The Morgan fingerprint density at radius 3 is 1.24 bits per heavy atom. The molecule has 0 radical (unpaired) electrons. The topological polar surface area (TPSA) is 78.9 Å². The van der Waals surface area contributed by atoms with Crippen LogP contribution in [0.25, 0.3) is 0 Å². The summed E-state index contributed by atoms with van der Waals surface area (Å²) in [6, 6.07) is 0. The largest absolute Gasteiger partial charge is 0.462 e. The van der Waals surface area contributed by atoms with Crippen LogP contribution in [-0.4, -0.2) is 37.2 Å². The van der Waals surface area contributed by atoms with Crippen LogP contribution in [0.1, 0.15) is 181 Å². The van der Waals surface area contributed by atoms with E-state index in [0.29, 0.717) is 12.8 Å². The third kappa shape index (κ3) is 39.8. The first-order chi connectivity index (χ1) is 26.5. The molecule has 1 atom stereocenters. The zero-order valence-corrected chi connectivity index (χ0v) is 34.7. The van der Waals surface area contributed by atoms with Crippen LogP contribution in [0.3, 0.4) is 0 Å². The number of hydrogen-bond acceptors (Lipinski definition) is 6. The predicted molar refractivity (Wildman–Crippen MR) is 228 cm³/mol. The first-order valence-electron chi connectivity index (χ1n) is 21.6. The summed E-state index contributed by atoms with van der Waals surface area (Å²) < 4.78 is 16.6. The van der Waals surface area contributed by atoms with Gasteiger partial charge in [0.2, 0.25) is 0 Å². The van der Waals surface area contributed by atoms with Crippen molar-refractivity contribution in [1.82, 2.24) is 0 Å². The van der Waals surface area contributed by atoms with E-state index in [1.54, 1.807) is 0 Å². The van der Waals surface area contributed by atoms with Crippen molar-refractivity contribution in [3.8, 4) is 0 Å². The van der Waals surface area contributed by atoms with E-state index in [-0.39, 0.29) is 44.0 Å². The van der Waals surface area contributed by atoms with Crippen molar-refractivity contribution in [2.24, 2.45) is 0 Å². The Hall–Kier alpha value is -3.41. The maximum absolute atomic E-state index is 12.7. The Labute approximate surface area is 331 Å². The van der Waals surface area contributed by atoms with Crippen LogP contribution >= 0.6 is 0 Å². The summed E-state index contributed by atoms with van der Waals surface area (Å²) in [4.78, 5) is 37.6. The number of ether oxygens (including phenoxy) is 3. The van der Waals surface area contributed by atoms with Gasteiger partial charge in [-0.3, -0.25) is 14.4 Å². The molecule has 0 fully saturated rings. The second-order valence-corrected chi connectivity index (χ2v) is 13.8. The van der Waals surface area contributed by atoms with E-state index in [4.69, 9.17) is 14.2 Å². The second-order valence-electron chi connectivity index (χ2n) is 13.8. The van der Waals surface area contributed by atoms with Gasteiger partial charge in [-0.05, 0) is 77.0 Å². The van der Waals surface area contributed by atoms with Gasteiger partial charge in [-0.2, -0.15) is 0 Å². The van der Waals surface area contributed by atoms with Crippen LogP contribution < -0.4 is 0 Å². The SMILES string of the molecule is CC/C=C\C/C=C\C/C=C\C/C=C\CCC(=O)OCC(COC(=O)CCCCCCCCCCCC)OC(=O)CCCCC/C=C\C/C=C\C/C=C\CC. The molecular weight excluding hydrogens is 673 g/mol. The summed E-state index contributed by atoms with van der Waals surface area (Å²) >= 11 is 0. The van der Waals surface area contributed by atoms with E-state index in [1.165, 1.54) is 44.9 Å². The van der Waals surface area contributed by atoms with Crippen LogP contribution in [0, 0.1) is 0 Å². The fourth-order valence-corrected chi connectivity index (χ4v) is 5.47. The van der Waals surface area contributed by atoms with E-state index >= 15 is 0 Å². The predicted octanol–water partition coefficient (Wildman–Crippen LogP) is 13.7. The number of carbonyl (C=O) groups excluding carboxylic acids is 3. The van der Waals surface area contributed by atoms with Crippen molar-refractivity contribution in [2.45, 2.75) is 187 Å². The molecule has 0 saturated heterocycles. The Bertz CT molecular complexity index is 1090. The molecule has 6 nitrogen and oxygen atoms in total. The van der Waals surface area contributed by atoms with Gasteiger partial charge in [-0.1, -0.05) is 170 Å². The summed E-state index contributed by atoms with van der Waals surface area (Å²) in [6.07, 6.45) is 52.9. The Kier molecular flexibility index (Phi) is 39.7. The van der Waals surface area contributed by atoms with E-state index in [1.807, 2.05) is 12.2 Å². The zero-order valence-electron chi connectivity index (χ0n) is 34.7. The molecule has 0 aliphatic rings. The van der Waals surface area contributed by atoms with Crippen molar-refractivity contribution in [3.63, 3.8) is 0 Å². The number of allylic oxidation sites excluding steroid dienone is 14. The number of esters is 3. The maximum atomic E-state index is 12.7. The van der Waals surface area contributed by atoms with Crippen molar-refractivity contribution < 1.29 is 28.6 Å². The summed E-state index contributed by atoms with van der Waals surface area (Å²) in [7, 11) is 0. The molecule has 0 N–H and O–H groups in total. The molecule has 0 aromatic rings. The van der Waals surface area contributed by atoms with Gasteiger partial charge in [0.05, 0.1) is 0 Å². The fourth-order valence-electron chi connectivity index (χ4n) is 5.47. The van der Waals surface area contributed by atoms with Gasteiger partial charge in [0.25, 0.3) is 0 Å².